The van der Waals surface area contributed by atoms with E-state index in [2.05, 4.69) is 60.1 Å². The maximum atomic E-state index is 3.39. The predicted molar refractivity (Wildman–Crippen MR) is 63.8 cm³/mol. The molecular weight excluding hydrogens is 273 g/mol. The Morgan fingerprint density at radius 1 is 1.46 bits per heavy atom. The van der Waals surface area contributed by atoms with Gasteiger partial charge in [0.05, 0.1) is 0 Å². The van der Waals surface area contributed by atoms with Gasteiger partial charge in [0.15, 0.2) is 0 Å². The van der Waals surface area contributed by atoms with E-state index in [0.717, 1.165) is 5.92 Å². The summed E-state index contributed by atoms with van der Waals surface area (Å²) in [6.45, 7) is 2.31. The van der Waals surface area contributed by atoms with E-state index in [1.54, 1.807) is 0 Å². The van der Waals surface area contributed by atoms with Crippen molar-refractivity contribution in [3.05, 3.63) is 32.9 Å². The summed E-state index contributed by atoms with van der Waals surface area (Å²) in [6.07, 6.45) is 1.22. The zero-order valence-electron chi connectivity index (χ0n) is 7.97. The monoisotopic (exact) mass is 287 g/mol. The lowest BCUT2D eigenvalue weighted by atomic mass is 10.0. The summed E-state index contributed by atoms with van der Waals surface area (Å²) in [7, 11) is 2.05. The minimum absolute atomic E-state index is 0.560. The van der Waals surface area contributed by atoms with E-state index >= 15 is 0 Å². The summed E-state index contributed by atoms with van der Waals surface area (Å²) < 4.78 is 1.34. The van der Waals surface area contributed by atoms with Gasteiger partial charge in [0.1, 0.15) is 0 Å². The van der Waals surface area contributed by atoms with Crippen LogP contribution in [0.2, 0.25) is 0 Å². The first-order chi connectivity index (χ1) is 6.22. The normalized spacial score (nSPS) is 26.1. The molecule has 2 heteroatoms. The van der Waals surface area contributed by atoms with E-state index in [0.29, 0.717) is 6.04 Å². The molecule has 0 heterocycles. The molecule has 2 rings (SSSR count). The molecule has 1 aliphatic carbocycles. The Kier molecular flexibility index (Phi) is 2.60. The standard InChI is InChI=1S/C11H14IN/c1-7-5-8-3-4-9(12)6-10(8)11(7)13-2/h3-4,6-7,11,13H,5H2,1-2H3. The fourth-order valence-corrected chi connectivity index (χ4v) is 2.77. The fraction of sp³-hybridized carbons (Fsp3) is 0.455. The summed E-state index contributed by atoms with van der Waals surface area (Å²) in [4.78, 5) is 0. The molecule has 1 nitrogen and oxygen atoms in total. The van der Waals surface area contributed by atoms with Crippen LogP contribution < -0.4 is 5.32 Å². The van der Waals surface area contributed by atoms with Gasteiger partial charge < -0.3 is 5.32 Å². The van der Waals surface area contributed by atoms with E-state index in [1.165, 1.54) is 21.1 Å². The van der Waals surface area contributed by atoms with Crippen LogP contribution in [0.1, 0.15) is 24.1 Å². The van der Waals surface area contributed by atoms with Gasteiger partial charge in [-0.25, -0.2) is 0 Å². The SMILES string of the molecule is CNC1c2cc(I)ccc2CC1C. The van der Waals surface area contributed by atoms with Crippen LogP contribution >= 0.6 is 22.6 Å². The van der Waals surface area contributed by atoms with Crippen molar-refractivity contribution in [1.82, 2.24) is 5.32 Å². The van der Waals surface area contributed by atoms with Gasteiger partial charge in [-0.1, -0.05) is 13.0 Å². The Balaban J connectivity index is 2.44. The first kappa shape index (κ1) is 9.46. The van der Waals surface area contributed by atoms with Crippen LogP contribution in [0.3, 0.4) is 0 Å². The lowest BCUT2D eigenvalue weighted by Crippen LogP contribution is -2.19. The molecule has 70 valence electrons. The number of hydrogen-bond acceptors (Lipinski definition) is 1. The molecule has 0 saturated carbocycles. The topological polar surface area (TPSA) is 12.0 Å². The van der Waals surface area contributed by atoms with Gasteiger partial charge >= 0.3 is 0 Å². The number of rotatable bonds is 1. The highest BCUT2D eigenvalue weighted by molar-refractivity contribution is 14.1. The third kappa shape index (κ3) is 1.62. The minimum atomic E-state index is 0.560. The maximum Gasteiger partial charge on any atom is 0.0349 e. The Labute approximate surface area is 93.1 Å². The van der Waals surface area contributed by atoms with Gasteiger partial charge in [-0.2, -0.15) is 0 Å². The van der Waals surface area contributed by atoms with E-state index in [-0.39, 0.29) is 0 Å². The summed E-state index contributed by atoms with van der Waals surface area (Å²) in [5, 5.41) is 3.39. The summed E-state index contributed by atoms with van der Waals surface area (Å²) in [5.41, 5.74) is 3.02. The molecule has 0 aliphatic heterocycles. The van der Waals surface area contributed by atoms with Gasteiger partial charge in [-0.05, 0) is 65.2 Å². The number of hydrogen-bond donors (Lipinski definition) is 1. The van der Waals surface area contributed by atoms with Crippen molar-refractivity contribution in [3.63, 3.8) is 0 Å². The third-order valence-electron chi connectivity index (χ3n) is 2.86. The summed E-state index contributed by atoms with van der Waals surface area (Å²) in [5.74, 6) is 0.734. The predicted octanol–water partition coefficient (Wildman–Crippen LogP) is 2.74. The van der Waals surface area contributed by atoms with Crippen LogP contribution in [0.15, 0.2) is 18.2 Å². The average Bonchev–Trinajstić information content (AvgIpc) is 2.40. The van der Waals surface area contributed by atoms with Crippen LogP contribution in [0.4, 0.5) is 0 Å². The van der Waals surface area contributed by atoms with Crippen molar-refractivity contribution < 1.29 is 0 Å². The highest BCUT2D eigenvalue weighted by Crippen LogP contribution is 2.36. The molecule has 2 unspecified atom stereocenters. The molecule has 1 aromatic carbocycles. The number of benzene rings is 1. The van der Waals surface area contributed by atoms with Gasteiger partial charge in [0.25, 0.3) is 0 Å². The number of fused-ring (bicyclic) bond motifs is 1. The molecule has 0 radical (unpaired) electrons. The number of nitrogens with one attached hydrogen (secondary N) is 1. The maximum absolute atomic E-state index is 3.39. The highest BCUT2D eigenvalue weighted by Gasteiger charge is 2.27. The fourth-order valence-electron chi connectivity index (χ4n) is 2.25. The summed E-state index contributed by atoms with van der Waals surface area (Å²) >= 11 is 2.38. The quantitative estimate of drug-likeness (QED) is 0.783. The van der Waals surface area contributed by atoms with Crippen LogP contribution in [0.5, 0.6) is 0 Å². The van der Waals surface area contributed by atoms with Crippen molar-refractivity contribution in [2.45, 2.75) is 19.4 Å². The van der Waals surface area contributed by atoms with Gasteiger partial charge in [0.2, 0.25) is 0 Å². The zero-order valence-corrected chi connectivity index (χ0v) is 10.1. The Morgan fingerprint density at radius 3 is 2.92 bits per heavy atom. The van der Waals surface area contributed by atoms with Crippen LogP contribution in [0.25, 0.3) is 0 Å². The first-order valence-corrected chi connectivity index (χ1v) is 5.76. The largest absolute Gasteiger partial charge is 0.313 e. The van der Waals surface area contributed by atoms with Gasteiger partial charge in [0, 0.05) is 9.61 Å². The Hall–Kier alpha value is -0.0900. The lowest BCUT2D eigenvalue weighted by Gasteiger charge is -2.15. The van der Waals surface area contributed by atoms with Gasteiger partial charge in [-0.3, -0.25) is 0 Å². The van der Waals surface area contributed by atoms with Crippen molar-refractivity contribution in [1.29, 1.82) is 0 Å². The van der Waals surface area contributed by atoms with Crippen molar-refractivity contribution >= 4 is 22.6 Å². The van der Waals surface area contributed by atoms with Crippen LogP contribution in [-0.2, 0) is 6.42 Å². The van der Waals surface area contributed by atoms with Crippen LogP contribution in [0, 0.1) is 9.49 Å². The summed E-state index contributed by atoms with van der Waals surface area (Å²) in [6, 6.07) is 7.33. The second kappa shape index (κ2) is 3.58. The van der Waals surface area contributed by atoms with E-state index in [4.69, 9.17) is 0 Å². The van der Waals surface area contributed by atoms with E-state index in [1.807, 2.05) is 0 Å². The third-order valence-corrected chi connectivity index (χ3v) is 3.54. The first-order valence-electron chi connectivity index (χ1n) is 4.68. The molecule has 13 heavy (non-hydrogen) atoms. The molecule has 1 aromatic rings. The van der Waals surface area contributed by atoms with Crippen molar-refractivity contribution in [2.24, 2.45) is 5.92 Å². The van der Waals surface area contributed by atoms with E-state index in [9.17, 15) is 0 Å². The molecule has 0 bridgehead atoms. The molecular formula is C11H14IN. The Bertz CT molecular complexity index is 322. The zero-order chi connectivity index (χ0) is 9.42. The average molecular weight is 287 g/mol. The molecule has 2 atom stereocenters. The minimum Gasteiger partial charge on any atom is -0.313 e. The second-order valence-corrected chi connectivity index (χ2v) is 5.04. The Morgan fingerprint density at radius 2 is 2.23 bits per heavy atom. The van der Waals surface area contributed by atoms with E-state index < -0.39 is 0 Å². The molecule has 0 saturated heterocycles. The molecule has 0 aromatic heterocycles. The second-order valence-electron chi connectivity index (χ2n) is 3.79. The molecule has 1 N–H and O–H groups in total. The molecule has 0 fully saturated rings. The highest BCUT2D eigenvalue weighted by atomic mass is 127. The lowest BCUT2D eigenvalue weighted by molar-refractivity contribution is 0.447. The van der Waals surface area contributed by atoms with Gasteiger partial charge in [-0.15, -0.1) is 0 Å². The molecule has 1 aliphatic rings. The van der Waals surface area contributed by atoms with Crippen LogP contribution in [-0.4, -0.2) is 7.05 Å². The van der Waals surface area contributed by atoms with Crippen molar-refractivity contribution in [3.8, 4) is 0 Å². The smallest absolute Gasteiger partial charge is 0.0349 e. The number of halogens is 1. The molecule has 0 spiro atoms. The molecule has 0 amide bonds. The van der Waals surface area contributed by atoms with Crippen molar-refractivity contribution in [2.75, 3.05) is 7.05 Å².